The molecule has 1 fully saturated rings. The maximum Gasteiger partial charge on any atom is 0.185 e. The van der Waals surface area contributed by atoms with Crippen molar-refractivity contribution in [2.45, 2.75) is 44.6 Å². The molecule has 8 nitrogen and oxygen atoms in total. The Morgan fingerprint density at radius 1 is 1.07 bits per heavy atom. The highest BCUT2D eigenvalue weighted by Crippen LogP contribution is 2.13. The van der Waals surface area contributed by atoms with E-state index in [9.17, 15) is 0 Å². The van der Waals surface area contributed by atoms with Crippen molar-refractivity contribution in [1.82, 2.24) is 10.2 Å². The summed E-state index contributed by atoms with van der Waals surface area (Å²) in [4.78, 5) is 6.58. The van der Waals surface area contributed by atoms with Gasteiger partial charge in [-0.3, -0.25) is 10.4 Å². The number of halogens is 1. The number of rotatable bonds is 13. The Labute approximate surface area is 186 Å². The quantitative estimate of drug-likeness (QED) is 0.180. The van der Waals surface area contributed by atoms with E-state index in [1.165, 1.54) is 45.3 Å². The van der Waals surface area contributed by atoms with Crippen LogP contribution in [0.15, 0.2) is 29.3 Å². The predicted molar refractivity (Wildman–Crippen MR) is 127 cm³/mol. The predicted octanol–water partition coefficient (Wildman–Crippen LogP) is 1.66. The van der Waals surface area contributed by atoms with E-state index in [1.54, 1.807) is 0 Å². The highest BCUT2D eigenvalue weighted by Gasteiger charge is 2.17. The maximum absolute atomic E-state index is 7.39. The third-order valence-electron chi connectivity index (χ3n) is 5.20. The molecule has 0 aliphatic carbocycles. The smallest absolute Gasteiger partial charge is 0.185 e. The molecule has 30 heavy (non-hydrogen) atoms. The molecule has 0 atom stereocenters. The van der Waals surface area contributed by atoms with E-state index in [4.69, 9.17) is 27.3 Å². The van der Waals surface area contributed by atoms with Gasteiger partial charge in [-0.2, -0.15) is 0 Å². The Bertz CT molecular complexity index is 627. The fraction of sp³-hybridized carbons (Fsp3) is 0.619. The second-order valence-corrected chi connectivity index (χ2v) is 7.58. The molecule has 0 radical (unpaired) electrons. The summed E-state index contributed by atoms with van der Waals surface area (Å²) in [6, 6.07) is 7.96. The van der Waals surface area contributed by atoms with Gasteiger partial charge in [0, 0.05) is 18.2 Å². The van der Waals surface area contributed by atoms with Crippen molar-refractivity contribution in [3.05, 3.63) is 29.8 Å². The van der Waals surface area contributed by atoms with Gasteiger partial charge in [0.15, 0.2) is 5.96 Å². The molecule has 8 N–H and O–H groups in total. The van der Waals surface area contributed by atoms with Crippen LogP contribution in [-0.2, 0) is 0 Å². The molecular weight excluding hydrogens is 402 g/mol. The van der Waals surface area contributed by atoms with Gasteiger partial charge in [-0.25, -0.2) is 0 Å². The molecule has 0 amide bonds. The summed E-state index contributed by atoms with van der Waals surface area (Å²) >= 11 is 0. The second kappa shape index (κ2) is 14.9. The zero-order chi connectivity index (χ0) is 20.9. The average Bonchev–Trinajstić information content (AvgIpc) is 2.71. The van der Waals surface area contributed by atoms with Crippen molar-refractivity contribution in [3.8, 4) is 5.75 Å². The summed E-state index contributed by atoms with van der Waals surface area (Å²) in [6.45, 7) is 5.91. The fourth-order valence-electron chi connectivity index (χ4n) is 3.49. The SMILES string of the molecule is Cl.N=C(N)c1ccc(OCCCNC2CCN(CCCCCN=C(N)N)CC2)cc1. The minimum absolute atomic E-state index is 0. The van der Waals surface area contributed by atoms with Crippen LogP contribution in [0.5, 0.6) is 5.75 Å². The van der Waals surface area contributed by atoms with Crippen LogP contribution in [0.25, 0.3) is 0 Å². The molecule has 170 valence electrons. The summed E-state index contributed by atoms with van der Waals surface area (Å²) in [6.07, 6.45) is 6.83. The molecule has 1 aromatic carbocycles. The Morgan fingerprint density at radius 2 is 1.77 bits per heavy atom. The zero-order valence-corrected chi connectivity index (χ0v) is 18.6. The highest BCUT2D eigenvalue weighted by molar-refractivity contribution is 5.94. The number of piperidine rings is 1. The molecule has 0 bridgehead atoms. The Kier molecular flexibility index (Phi) is 12.9. The largest absolute Gasteiger partial charge is 0.494 e. The first-order valence-electron chi connectivity index (χ1n) is 10.6. The number of nitrogens with zero attached hydrogens (tertiary/aromatic N) is 2. The summed E-state index contributed by atoms with van der Waals surface area (Å²) in [7, 11) is 0. The average molecular weight is 440 g/mol. The lowest BCUT2D eigenvalue weighted by Gasteiger charge is -2.32. The molecule has 1 heterocycles. The van der Waals surface area contributed by atoms with Crippen LogP contribution in [0.1, 0.15) is 44.1 Å². The van der Waals surface area contributed by atoms with Crippen molar-refractivity contribution in [3.63, 3.8) is 0 Å². The Balaban J connectivity index is 0.00000450. The van der Waals surface area contributed by atoms with Gasteiger partial charge in [0.25, 0.3) is 0 Å². The Hall–Kier alpha value is -2.03. The molecule has 0 unspecified atom stereocenters. The van der Waals surface area contributed by atoms with Gasteiger partial charge in [0.2, 0.25) is 0 Å². The zero-order valence-electron chi connectivity index (χ0n) is 17.8. The van der Waals surface area contributed by atoms with E-state index in [-0.39, 0.29) is 24.2 Å². The van der Waals surface area contributed by atoms with Gasteiger partial charge in [-0.1, -0.05) is 6.42 Å². The molecule has 1 aromatic rings. The van der Waals surface area contributed by atoms with Crippen LogP contribution in [0.3, 0.4) is 0 Å². The van der Waals surface area contributed by atoms with Gasteiger partial charge in [0.1, 0.15) is 11.6 Å². The number of hydrogen-bond donors (Lipinski definition) is 5. The monoisotopic (exact) mass is 439 g/mol. The summed E-state index contributed by atoms with van der Waals surface area (Å²) < 4.78 is 5.75. The van der Waals surface area contributed by atoms with E-state index in [0.717, 1.165) is 37.2 Å². The molecule has 9 heteroatoms. The van der Waals surface area contributed by atoms with Crippen LogP contribution < -0.4 is 27.3 Å². The van der Waals surface area contributed by atoms with Crippen molar-refractivity contribution in [2.24, 2.45) is 22.2 Å². The van der Waals surface area contributed by atoms with Crippen LogP contribution in [-0.4, -0.2) is 62.1 Å². The first-order chi connectivity index (χ1) is 14.0. The maximum atomic E-state index is 7.39. The number of amidine groups is 1. The topological polar surface area (TPSA) is 139 Å². The molecule has 0 spiro atoms. The van der Waals surface area contributed by atoms with Gasteiger partial charge in [-0.05, 0) is 82.5 Å². The number of hydrogen-bond acceptors (Lipinski definition) is 5. The van der Waals surface area contributed by atoms with Crippen molar-refractivity contribution < 1.29 is 4.74 Å². The third kappa shape index (κ3) is 10.7. The Morgan fingerprint density at radius 3 is 2.40 bits per heavy atom. The van der Waals surface area contributed by atoms with Crippen molar-refractivity contribution in [1.29, 1.82) is 5.41 Å². The minimum atomic E-state index is 0. The van der Waals surface area contributed by atoms with E-state index in [1.807, 2.05) is 24.3 Å². The molecule has 1 aliphatic rings. The molecule has 1 aliphatic heterocycles. The van der Waals surface area contributed by atoms with Crippen molar-refractivity contribution >= 4 is 24.2 Å². The summed E-state index contributed by atoms with van der Waals surface area (Å²) in [5, 5.41) is 11.1. The normalized spacial score (nSPS) is 14.7. The first kappa shape index (κ1) is 26.0. The molecule has 0 saturated carbocycles. The van der Waals surface area contributed by atoms with Gasteiger partial charge in [0.05, 0.1) is 6.61 Å². The molecular formula is C21H38ClN7O. The van der Waals surface area contributed by atoms with E-state index in [0.29, 0.717) is 12.6 Å². The molecule has 1 saturated heterocycles. The lowest BCUT2D eigenvalue weighted by atomic mass is 10.0. The molecule has 0 aromatic heterocycles. The number of unbranched alkanes of at least 4 members (excludes halogenated alkanes) is 2. The highest BCUT2D eigenvalue weighted by atomic mass is 35.5. The van der Waals surface area contributed by atoms with Gasteiger partial charge >= 0.3 is 0 Å². The third-order valence-corrected chi connectivity index (χ3v) is 5.20. The first-order valence-corrected chi connectivity index (χ1v) is 10.6. The van der Waals surface area contributed by atoms with E-state index < -0.39 is 0 Å². The lowest BCUT2D eigenvalue weighted by Crippen LogP contribution is -2.43. The number of nitrogens with one attached hydrogen (secondary N) is 2. The lowest BCUT2D eigenvalue weighted by molar-refractivity contribution is 0.193. The standard InChI is InChI=1S/C21H37N7O.ClH/c22-20(23)17-5-7-19(8-6-17)29-16-4-12-26-18-9-14-28(15-10-18)13-3-1-2-11-27-21(24)25;/h5-8,18,26H,1-4,9-16H2,(H3,22,23)(H4,24,25,27);1H. The van der Waals surface area contributed by atoms with Crippen LogP contribution in [0, 0.1) is 5.41 Å². The fourth-order valence-corrected chi connectivity index (χ4v) is 3.49. The van der Waals surface area contributed by atoms with Crippen molar-refractivity contribution in [2.75, 3.05) is 39.3 Å². The summed E-state index contributed by atoms with van der Waals surface area (Å²) in [5.41, 5.74) is 16.8. The van der Waals surface area contributed by atoms with Gasteiger partial charge in [-0.15, -0.1) is 12.4 Å². The van der Waals surface area contributed by atoms with Crippen LogP contribution in [0.2, 0.25) is 0 Å². The number of benzene rings is 1. The van der Waals surface area contributed by atoms with Crippen LogP contribution >= 0.6 is 12.4 Å². The van der Waals surface area contributed by atoms with Gasteiger partial charge < -0.3 is 32.2 Å². The number of nitrogens with two attached hydrogens (primary N) is 3. The second-order valence-electron chi connectivity index (χ2n) is 7.58. The number of guanidine groups is 1. The van der Waals surface area contributed by atoms with E-state index in [2.05, 4.69) is 15.2 Å². The number of ether oxygens (including phenoxy) is 1. The summed E-state index contributed by atoms with van der Waals surface area (Å²) in [5.74, 6) is 1.09. The number of aliphatic imine (C=N–C) groups is 1. The minimum Gasteiger partial charge on any atom is -0.494 e. The number of nitrogen functional groups attached to an aromatic ring is 1. The molecule has 2 rings (SSSR count). The van der Waals surface area contributed by atoms with E-state index >= 15 is 0 Å². The van der Waals surface area contributed by atoms with Crippen LogP contribution in [0.4, 0.5) is 0 Å². The number of likely N-dealkylation sites (tertiary alicyclic amines) is 1.